The summed E-state index contributed by atoms with van der Waals surface area (Å²) >= 11 is 0. The van der Waals surface area contributed by atoms with Crippen molar-refractivity contribution in [2.75, 3.05) is 19.5 Å². The highest BCUT2D eigenvalue weighted by Gasteiger charge is 2.14. The zero-order valence-corrected chi connectivity index (χ0v) is 16.5. The first-order chi connectivity index (χ1) is 12.8. The Morgan fingerprint density at radius 3 is 2.44 bits per heavy atom. The zero-order chi connectivity index (χ0) is 19.6. The largest absolute Gasteiger partial charge is 0.497 e. The summed E-state index contributed by atoms with van der Waals surface area (Å²) in [6, 6.07) is 13.7. The van der Waals surface area contributed by atoms with Gasteiger partial charge in [-0.05, 0) is 46.7 Å². The first-order valence-electron chi connectivity index (χ1n) is 8.94. The number of H-pyrrole nitrogens is 1. The van der Waals surface area contributed by atoms with Crippen LogP contribution in [0.3, 0.4) is 0 Å². The molecule has 2 aromatic carbocycles. The van der Waals surface area contributed by atoms with Crippen molar-refractivity contribution >= 4 is 16.6 Å². The van der Waals surface area contributed by atoms with Crippen molar-refractivity contribution in [3.8, 4) is 11.5 Å². The molecule has 0 spiro atoms. The molecule has 5 nitrogen and oxygen atoms in total. The van der Waals surface area contributed by atoms with Gasteiger partial charge in [0.05, 0.1) is 19.9 Å². The van der Waals surface area contributed by atoms with E-state index in [4.69, 9.17) is 9.47 Å². The smallest absolute Gasteiger partial charge is 0.253 e. The van der Waals surface area contributed by atoms with Gasteiger partial charge in [-0.15, -0.1) is 0 Å². The molecule has 0 aliphatic rings. The summed E-state index contributed by atoms with van der Waals surface area (Å²) in [4.78, 5) is 15.4. The highest BCUT2D eigenvalue weighted by molar-refractivity contribution is 5.80. The number of fused-ring (bicyclic) bond motifs is 1. The predicted octanol–water partition coefficient (Wildman–Crippen LogP) is 4.45. The Balaban J connectivity index is 1.90. The van der Waals surface area contributed by atoms with E-state index in [0.29, 0.717) is 17.9 Å². The molecule has 0 aliphatic carbocycles. The highest BCUT2D eigenvalue weighted by Crippen LogP contribution is 2.29. The molecule has 0 saturated carbocycles. The second-order valence-electron chi connectivity index (χ2n) is 7.60. The minimum atomic E-state index is -0.0917. The van der Waals surface area contributed by atoms with Crippen LogP contribution in [0.1, 0.15) is 31.9 Å². The summed E-state index contributed by atoms with van der Waals surface area (Å²) in [6.45, 7) is 6.93. The van der Waals surface area contributed by atoms with Crippen LogP contribution in [0.15, 0.2) is 47.3 Å². The van der Waals surface area contributed by atoms with Crippen LogP contribution in [0, 0.1) is 0 Å². The lowest BCUT2D eigenvalue weighted by Crippen LogP contribution is -2.16. The van der Waals surface area contributed by atoms with Crippen molar-refractivity contribution in [1.29, 1.82) is 0 Å². The van der Waals surface area contributed by atoms with Crippen LogP contribution in [0.5, 0.6) is 11.5 Å². The van der Waals surface area contributed by atoms with Crippen molar-refractivity contribution in [2.45, 2.75) is 32.7 Å². The van der Waals surface area contributed by atoms with Crippen LogP contribution in [-0.4, -0.2) is 19.2 Å². The predicted molar refractivity (Wildman–Crippen MR) is 110 cm³/mol. The van der Waals surface area contributed by atoms with Crippen LogP contribution in [0.2, 0.25) is 0 Å². The molecule has 0 aliphatic heterocycles. The number of anilines is 1. The van der Waals surface area contributed by atoms with Gasteiger partial charge in [-0.2, -0.15) is 0 Å². The maximum absolute atomic E-state index is 12.4. The third-order valence-corrected chi connectivity index (χ3v) is 4.67. The third-order valence-electron chi connectivity index (χ3n) is 4.67. The van der Waals surface area contributed by atoms with E-state index in [9.17, 15) is 4.79 Å². The Labute approximate surface area is 159 Å². The molecule has 0 fully saturated rings. The van der Waals surface area contributed by atoms with Crippen LogP contribution in [0.25, 0.3) is 10.9 Å². The normalized spacial score (nSPS) is 11.4. The quantitative estimate of drug-likeness (QED) is 0.700. The summed E-state index contributed by atoms with van der Waals surface area (Å²) in [5, 5.41) is 4.31. The van der Waals surface area contributed by atoms with Crippen LogP contribution in [0.4, 0.5) is 5.69 Å². The molecule has 0 radical (unpaired) electrons. The van der Waals surface area contributed by atoms with E-state index in [1.165, 1.54) is 5.56 Å². The fourth-order valence-corrected chi connectivity index (χ4v) is 2.98. The van der Waals surface area contributed by atoms with Gasteiger partial charge in [0.1, 0.15) is 11.5 Å². The average Bonchev–Trinajstić information content (AvgIpc) is 2.65. The number of nitrogens with one attached hydrogen (secondary N) is 2. The lowest BCUT2D eigenvalue weighted by atomic mass is 9.86. The van der Waals surface area contributed by atoms with Crippen molar-refractivity contribution in [3.05, 3.63) is 63.9 Å². The van der Waals surface area contributed by atoms with Crippen LogP contribution in [-0.2, 0) is 12.0 Å². The number of ether oxygens (including phenoxy) is 2. The maximum Gasteiger partial charge on any atom is 0.253 e. The van der Waals surface area contributed by atoms with Crippen LogP contribution >= 0.6 is 0 Å². The SMILES string of the molecule is COc1ccc(NCc2cc3cc(C(C)(C)C)ccc3[nH]c2=O)c(OC)c1. The fraction of sp³-hybridized carbons (Fsp3) is 0.318. The molecule has 27 heavy (non-hydrogen) atoms. The number of methoxy groups -OCH3 is 2. The minimum absolute atomic E-state index is 0.0548. The maximum atomic E-state index is 12.4. The van der Waals surface area contributed by atoms with Crippen molar-refractivity contribution < 1.29 is 9.47 Å². The van der Waals surface area contributed by atoms with E-state index in [1.54, 1.807) is 14.2 Å². The third kappa shape index (κ3) is 4.08. The number of pyridine rings is 1. The monoisotopic (exact) mass is 366 g/mol. The van der Waals surface area contributed by atoms with E-state index in [0.717, 1.165) is 22.3 Å². The molecule has 0 unspecified atom stereocenters. The lowest BCUT2D eigenvalue weighted by Gasteiger charge is -2.19. The average molecular weight is 366 g/mol. The topological polar surface area (TPSA) is 63.3 Å². The molecule has 1 aromatic heterocycles. The standard InChI is InChI=1S/C22H26N2O3/c1-22(2,3)16-6-8-18-14(11-16)10-15(21(25)24-18)13-23-19-9-7-17(26-4)12-20(19)27-5/h6-12,23H,13H2,1-5H3,(H,24,25). The molecule has 3 rings (SSSR count). The van der Waals surface area contributed by atoms with Gasteiger partial charge in [-0.1, -0.05) is 26.8 Å². The van der Waals surface area contributed by atoms with E-state index in [2.05, 4.69) is 43.2 Å². The molecule has 1 heterocycles. The Morgan fingerprint density at radius 2 is 1.78 bits per heavy atom. The second kappa shape index (κ2) is 7.35. The first kappa shape index (κ1) is 18.8. The molecular formula is C22H26N2O3. The van der Waals surface area contributed by atoms with Crippen molar-refractivity contribution in [2.24, 2.45) is 0 Å². The van der Waals surface area contributed by atoms with E-state index in [-0.39, 0.29) is 11.0 Å². The number of aromatic nitrogens is 1. The summed E-state index contributed by atoms with van der Waals surface area (Å²) in [7, 11) is 3.22. The Hall–Kier alpha value is -2.95. The summed E-state index contributed by atoms with van der Waals surface area (Å²) < 4.78 is 10.6. The van der Waals surface area contributed by atoms with Gasteiger partial charge in [-0.3, -0.25) is 4.79 Å². The number of benzene rings is 2. The molecule has 5 heteroatoms. The van der Waals surface area contributed by atoms with Gasteiger partial charge in [0.2, 0.25) is 0 Å². The molecular weight excluding hydrogens is 340 g/mol. The summed E-state index contributed by atoms with van der Waals surface area (Å²) in [5.41, 5.74) is 3.52. The minimum Gasteiger partial charge on any atom is -0.497 e. The number of hydrogen-bond acceptors (Lipinski definition) is 4. The summed E-state index contributed by atoms with van der Waals surface area (Å²) in [6.07, 6.45) is 0. The molecule has 0 amide bonds. The van der Waals surface area contributed by atoms with Crippen molar-refractivity contribution in [3.63, 3.8) is 0 Å². The number of rotatable bonds is 5. The Kier molecular flexibility index (Phi) is 5.13. The second-order valence-corrected chi connectivity index (χ2v) is 7.60. The van der Waals surface area contributed by atoms with Gasteiger partial charge < -0.3 is 19.8 Å². The molecule has 2 N–H and O–H groups in total. The zero-order valence-electron chi connectivity index (χ0n) is 16.5. The molecule has 142 valence electrons. The number of hydrogen-bond donors (Lipinski definition) is 2. The van der Waals surface area contributed by atoms with Gasteiger partial charge >= 0.3 is 0 Å². The van der Waals surface area contributed by atoms with Crippen molar-refractivity contribution in [1.82, 2.24) is 4.98 Å². The molecule has 0 bridgehead atoms. The van der Waals surface area contributed by atoms with E-state index in [1.807, 2.05) is 30.3 Å². The highest BCUT2D eigenvalue weighted by atomic mass is 16.5. The van der Waals surface area contributed by atoms with Gasteiger partial charge in [0.15, 0.2) is 0 Å². The van der Waals surface area contributed by atoms with Gasteiger partial charge in [0.25, 0.3) is 5.56 Å². The summed E-state index contributed by atoms with van der Waals surface area (Å²) in [5.74, 6) is 1.39. The first-order valence-corrected chi connectivity index (χ1v) is 8.94. The van der Waals surface area contributed by atoms with E-state index < -0.39 is 0 Å². The fourth-order valence-electron chi connectivity index (χ4n) is 2.98. The van der Waals surface area contributed by atoms with E-state index >= 15 is 0 Å². The lowest BCUT2D eigenvalue weighted by molar-refractivity contribution is 0.395. The molecule has 0 atom stereocenters. The van der Waals surface area contributed by atoms with Crippen LogP contribution < -0.4 is 20.3 Å². The Morgan fingerprint density at radius 1 is 1.00 bits per heavy atom. The number of aromatic amines is 1. The molecule has 0 saturated heterocycles. The molecule has 3 aromatic rings. The van der Waals surface area contributed by atoms with Gasteiger partial charge in [0, 0.05) is 23.7 Å². The van der Waals surface area contributed by atoms with Gasteiger partial charge in [-0.25, -0.2) is 0 Å². The Bertz CT molecular complexity index is 1020.